The van der Waals surface area contributed by atoms with Gasteiger partial charge >= 0.3 is 0 Å². The average molecular weight is 154 g/mol. The lowest BCUT2D eigenvalue weighted by molar-refractivity contribution is -0.113. The number of Topliss-reactive ketones (excluding diaryl/α,β-unsaturated/α-hetero) is 1. The van der Waals surface area contributed by atoms with E-state index in [9.17, 15) is 4.79 Å². The smallest absolute Gasteiger partial charge is 0.155 e. The van der Waals surface area contributed by atoms with E-state index in [-0.39, 0.29) is 5.78 Å². The quantitative estimate of drug-likeness (QED) is 0.571. The first-order valence-corrected chi connectivity index (χ1v) is 4.14. The topological polar surface area (TPSA) is 17.1 Å². The summed E-state index contributed by atoms with van der Waals surface area (Å²) in [6.45, 7) is 9.94. The summed E-state index contributed by atoms with van der Waals surface area (Å²) >= 11 is 0. The number of rotatable bonds is 3. The highest BCUT2D eigenvalue weighted by Crippen LogP contribution is 2.13. The van der Waals surface area contributed by atoms with Crippen LogP contribution in [0.3, 0.4) is 0 Å². The fourth-order valence-corrected chi connectivity index (χ4v) is 0.704. The fourth-order valence-electron chi connectivity index (χ4n) is 0.704. The van der Waals surface area contributed by atoms with Crippen LogP contribution >= 0.6 is 0 Å². The Morgan fingerprint density at radius 2 is 1.64 bits per heavy atom. The average Bonchev–Trinajstić information content (AvgIpc) is 1.87. The number of allylic oxidation sites excluding steroid dienone is 2. The van der Waals surface area contributed by atoms with Gasteiger partial charge in [0.05, 0.1) is 0 Å². The molecule has 0 amide bonds. The van der Waals surface area contributed by atoms with E-state index in [0.717, 1.165) is 5.57 Å². The van der Waals surface area contributed by atoms with Gasteiger partial charge in [-0.1, -0.05) is 26.8 Å². The summed E-state index contributed by atoms with van der Waals surface area (Å²) in [6, 6.07) is 0. The Morgan fingerprint density at radius 1 is 1.18 bits per heavy atom. The normalized spacial score (nSPS) is 15.3. The minimum absolute atomic E-state index is 0.178. The molecule has 0 spiro atoms. The van der Waals surface area contributed by atoms with Gasteiger partial charge in [0.15, 0.2) is 5.78 Å². The van der Waals surface area contributed by atoms with Gasteiger partial charge in [-0.3, -0.25) is 4.79 Å². The van der Waals surface area contributed by atoms with Crippen molar-refractivity contribution >= 4 is 5.78 Å². The first kappa shape index (κ1) is 10.4. The molecule has 0 saturated heterocycles. The molecule has 0 aliphatic heterocycles. The summed E-state index contributed by atoms with van der Waals surface area (Å²) in [5.74, 6) is 1.29. The predicted molar refractivity (Wildman–Crippen MR) is 48.4 cm³/mol. The van der Waals surface area contributed by atoms with Gasteiger partial charge in [-0.15, -0.1) is 0 Å². The van der Waals surface area contributed by atoms with Crippen molar-refractivity contribution in [3.8, 4) is 0 Å². The monoisotopic (exact) mass is 154 g/mol. The Morgan fingerprint density at radius 3 is 1.91 bits per heavy atom. The summed E-state index contributed by atoms with van der Waals surface area (Å²) in [7, 11) is 0. The van der Waals surface area contributed by atoms with Gasteiger partial charge in [0.1, 0.15) is 0 Å². The standard InChI is InChI=1S/C10H18O/c1-7(2)8(3)6-9(4)10(5)11/h6-8H,1-5H3. The van der Waals surface area contributed by atoms with Crippen molar-refractivity contribution in [1.29, 1.82) is 0 Å². The van der Waals surface area contributed by atoms with Gasteiger partial charge in [0.2, 0.25) is 0 Å². The van der Waals surface area contributed by atoms with E-state index in [0.29, 0.717) is 11.8 Å². The van der Waals surface area contributed by atoms with Crippen molar-refractivity contribution in [3.63, 3.8) is 0 Å². The molecular formula is C10H18O. The van der Waals surface area contributed by atoms with Gasteiger partial charge in [0.25, 0.3) is 0 Å². The fraction of sp³-hybridized carbons (Fsp3) is 0.700. The minimum Gasteiger partial charge on any atom is -0.295 e. The molecule has 0 aliphatic rings. The highest BCUT2D eigenvalue weighted by atomic mass is 16.1. The van der Waals surface area contributed by atoms with E-state index in [2.05, 4.69) is 20.8 Å². The molecule has 0 radical (unpaired) electrons. The van der Waals surface area contributed by atoms with E-state index < -0.39 is 0 Å². The van der Waals surface area contributed by atoms with E-state index in [1.54, 1.807) is 6.92 Å². The molecule has 0 rings (SSSR count). The van der Waals surface area contributed by atoms with Crippen LogP contribution in [0.4, 0.5) is 0 Å². The van der Waals surface area contributed by atoms with Crippen LogP contribution in [0.25, 0.3) is 0 Å². The molecule has 64 valence electrons. The SMILES string of the molecule is CC(=O)C(C)=CC(C)C(C)C. The van der Waals surface area contributed by atoms with Crippen molar-refractivity contribution in [2.45, 2.75) is 34.6 Å². The molecule has 0 aliphatic carbocycles. The van der Waals surface area contributed by atoms with Crippen LogP contribution in [0, 0.1) is 11.8 Å². The summed E-state index contributed by atoms with van der Waals surface area (Å²) in [5.41, 5.74) is 0.881. The molecular weight excluding hydrogens is 136 g/mol. The first-order chi connectivity index (χ1) is 4.95. The van der Waals surface area contributed by atoms with Crippen LogP contribution < -0.4 is 0 Å². The molecule has 0 saturated carbocycles. The lowest BCUT2D eigenvalue weighted by atomic mass is 9.95. The van der Waals surface area contributed by atoms with Gasteiger partial charge in [-0.2, -0.15) is 0 Å². The third-order valence-electron chi connectivity index (χ3n) is 2.12. The van der Waals surface area contributed by atoms with Crippen LogP contribution in [-0.4, -0.2) is 5.78 Å². The lowest BCUT2D eigenvalue weighted by Gasteiger charge is -2.10. The molecule has 0 aromatic carbocycles. The van der Waals surface area contributed by atoms with Crippen molar-refractivity contribution in [2.24, 2.45) is 11.8 Å². The molecule has 0 fully saturated rings. The number of ketones is 1. The van der Waals surface area contributed by atoms with Gasteiger partial charge < -0.3 is 0 Å². The summed E-state index contributed by atoms with van der Waals surface area (Å²) in [5, 5.41) is 0. The third kappa shape index (κ3) is 3.97. The van der Waals surface area contributed by atoms with Crippen LogP contribution in [0.2, 0.25) is 0 Å². The molecule has 0 heterocycles. The largest absolute Gasteiger partial charge is 0.295 e. The molecule has 0 bridgehead atoms. The summed E-state index contributed by atoms with van der Waals surface area (Å²) in [4.78, 5) is 10.8. The maximum Gasteiger partial charge on any atom is 0.155 e. The zero-order chi connectivity index (χ0) is 9.02. The molecule has 11 heavy (non-hydrogen) atoms. The van der Waals surface area contributed by atoms with Crippen LogP contribution in [0.1, 0.15) is 34.6 Å². The Bertz CT molecular complexity index is 166. The van der Waals surface area contributed by atoms with Crippen molar-refractivity contribution in [2.75, 3.05) is 0 Å². The zero-order valence-corrected chi connectivity index (χ0v) is 8.14. The van der Waals surface area contributed by atoms with Crippen molar-refractivity contribution < 1.29 is 4.79 Å². The minimum atomic E-state index is 0.178. The lowest BCUT2D eigenvalue weighted by Crippen LogP contribution is -2.03. The summed E-state index contributed by atoms with van der Waals surface area (Å²) < 4.78 is 0. The van der Waals surface area contributed by atoms with E-state index in [4.69, 9.17) is 0 Å². The number of hydrogen-bond acceptors (Lipinski definition) is 1. The maximum atomic E-state index is 10.8. The van der Waals surface area contributed by atoms with E-state index in [1.165, 1.54) is 0 Å². The second-order valence-corrected chi connectivity index (χ2v) is 3.51. The Balaban J connectivity index is 4.19. The molecule has 0 aromatic heterocycles. The molecule has 1 heteroatoms. The third-order valence-corrected chi connectivity index (χ3v) is 2.12. The van der Waals surface area contributed by atoms with Gasteiger partial charge in [-0.25, -0.2) is 0 Å². The van der Waals surface area contributed by atoms with Gasteiger partial charge in [-0.05, 0) is 31.3 Å². The Labute approximate surface area is 69.5 Å². The Kier molecular flexibility index (Phi) is 4.09. The van der Waals surface area contributed by atoms with Crippen LogP contribution in [-0.2, 0) is 4.79 Å². The van der Waals surface area contributed by atoms with Crippen LogP contribution in [0.15, 0.2) is 11.6 Å². The molecule has 0 aromatic rings. The Hall–Kier alpha value is -0.590. The molecule has 0 N–H and O–H groups in total. The second kappa shape index (κ2) is 4.32. The summed E-state index contributed by atoms with van der Waals surface area (Å²) in [6.07, 6.45) is 2.05. The number of carbonyl (C=O) groups excluding carboxylic acids is 1. The molecule has 1 nitrogen and oxygen atoms in total. The molecule has 1 unspecified atom stereocenters. The molecule has 1 atom stereocenters. The maximum absolute atomic E-state index is 10.8. The highest BCUT2D eigenvalue weighted by Gasteiger charge is 2.05. The second-order valence-electron chi connectivity index (χ2n) is 3.51. The van der Waals surface area contributed by atoms with E-state index in [1.807, 2.05) is 13.0 Å². The van der Waals surface area contributed by atoms with Crippen molar-refractivity contribution in [1.82, 2.24) is 0 Å². The number of hydrogen-bond donors (Lipinski definition) is 0. The highest BCUT2D eigenvalue weighted by molar-refractivity contribution is 5.92. The predicted octanol–water partition coefficient (Wildman–Crippen LogP) is 2.81. The zero-order valence-electron chi connectivity index (χ0n) is 8.14. The van der Waals surface area contributed by atoms with Crippen molar-refractivity contribution in [3.05, 3.63) is 11.6 Å². The van der Waals surface area contributed by atoms with E-state index >= 15 is 0 Å². The number of carbonyl (C=O) groups is 1. The van der Waals surface area contributed by atoms with Gasteiger partial charge in [0, 0.05) is 0 Å². The first-order valence-electron chi connectivity index (χ1n) is 4.14. The van der Waals surface area contributed by atoms with Crippen LogP contribution in [0.5, 0.6) is 0 Å².